The highest BCUT2D eigenvalue weighted by Gasteiger charge is 2.09. The number of benzene rings is 2. The number of urea groups is 1. The van der Waals surface area contributed by atoms with Gasteiger partial charge in [0.2, 0.25) is 0 Å². The predicted octanol–water partition coefficient (Wildman–Crippen LogP) is 4.23. The van der Waals surface area contributed by atoms with Crippen molar-refractivity contribution in [1.29, 1.82) is 0 Å². The molecule has 0 spiro atoms. The number of anilines is 1. The number of amides is 2. The Bertz CT molecular complexity index is 828. The highest BCUT2D eigenvalue weighted by atomic mass is 16.2. The maximum atomic E-state index is 12.0. The number of nitrogens with zero attached hydrogens (tertiary/aromatic N) is 2. The number of carbonyl (C=O) groups is 1. The standard InChI is InChI=1S/C21H24N4O/c1-25-19(18-13-6-3-7-14-18)16-20(24-25)23-21(26)22-15-9-8-12-17-10-4-2-5-11-17/h2-7,10-11,13-14,16H,8-9,12,15H2,1H3,(H2,22,23,24,26). The Balaban J connectivity index is 1.42. The van der Waals surface area contributed by atoms with Crippen LogP contribution in [0.3, 0.4) is 0 Å². The van der Waals surface area contributed by atoms with Crippen LogP contribution in [0.25, 0.3) is 11.3 Å². The molecule has 5 heteroatoms. The average molecular weight is 348 g/mol. The molecule has 0 fully saturated rings. The van der Waals surface area contributed by atoms with Crippen LogP contribution in [0.1, 0.15) is 18.4 Å². The maximum Gasteiger partial charge on any atom is 0.320 e. The fourth-order valence-electron chi connectivity index (χ4n) is 2.87. The lowest BCUT2D eigenvalue weighted by Gasteiger charge is -2.05. The van der Waals surface area contributed by atoms with E-state index in [0.717, 1.165) is 30.5 Å². The normalized spacial score (nSPS) is 10.5. The third-order valence-corrected chi connectivity index (χ3v) is 4.21. The van der Waals surface area contributed by atoms with Crippen molar-refractivity contribution in [1.82, 2.24) is 15.1 Å². The third-order valence-electron chi connectivity index (χ3n) is 4.21. The van der Waals surface area contributed by atoms with E-state index in [-0.39, 0.29) is 6.03 Å². The molecule has 3 rings (SSSR count). The summed E-state index contributed by atoms with van der Waals surface area (Å²) in [4.78, 5) is 12.0. The fraction of sp³-hybridized carbons (Fsp3) is 0.238. The van der Waals surface area contributed by atoms with Crippen molar-refractivity contribution in [3.8, 4) is 11.3 Å². The van der Waals surface area contributed by atoms with E-state index in [1.54, 1.807) is 4.68 Å². The molecule has 0 saturated heterocycles. The van der Waals surface area contributed by atoms with E-state index in [4.69, 9.17) is 0 Å². The van der Waals surface area contributed by atoms with Crippen LogP contribution in [-0.4, -0.2) is 22.4 Å². The largest absolute Gasteiger partial charge is 0.338 e. The van der Waals surface area contributed by atoms with E-state index in [1.165, 1.54) is 5.56 Å². The van der Waals surface area contributed by atoms with Crippen molar-refractivity contribution < 1.29 is 4.79 Å². The summed E-state index contributed by atoms with van der Waals surface area (Å²) in [6, 6.07) is 22.0. The molecule has 0 aliphatic heterocycles. The van der Waals surface area contributed by atoms with Crippen molar-refractivity contribution >= 4 is 11.8 Å². The van der Waals surface area contributed by atoms with Crippen LogP contribution >= 0.6 is 0 Å². The molecule has 5 nitrogen and oxygen atoms in total. The van der Waals surface area contributed by atoms with E-state index < -0.39 is 0 Å². The van der Waals surface area contributed by atoms with Crippen LogP contribution < -0.4 is 10.6 Å². The summed E-state index contributed by atoms with van der Waals surface area (Å²) in [6.45, 7) is 0.650. The first kappa shape index (κ1) is 17.7. The molecule has 0 radical (unpaired) electrons. The van der Waals surface area contributed by atoms with Crippen molar-refractivity contribution in [3.63, 3.8) is 0 Å². The van der Waals surface area contributed by atoms with Crippen LogP contribution in [0, 0.1) is 0 Å². The van der Waals surface area contributed by atoms with Gasteiger partial charge in [0.15, 0.2) is 5.82 Å². The van der Waals surface area contributed by atoms with Gasteiger partial charge < -0.3 is 5.32 Å². The lowest BCUT2D eigenvalue weighted by Crippen LogP contribution is -2.29. The Morgan fingerprint density at radius 1 is 1.00 bits per heavy atom. The highest BCUT2D eigenvalue weighted by Crippen LogP contribution is 2.21. The quantitative estimate of drug-likeness (QED) is 0.628. The van der Waals surface area contributed by atoms with E-state index >= 15 is 0 Å². The first-order valence-corrected chi connectivity index (χ1v) is 8.90. The van der Waals surface area contributed by atoms with E-state index in [1.807, 2.05) is 49.5 Å². The van der Waals surface area contributed by atoms with Gasteiger partial charge in [0.05, 0.1) is 5.69 Å². The molecule has 3 aromatic rings. The number of aromatic nitrogens is 2. The molecule has 0 saturated carbocycles. The van der Waals surface area contributed by atoms with Crippen LogP contribution in [0.15, 0.2) is 66.7 Å². The van der Waals surface area contributed by atoms with Crippen molar-refractivity contribution in [3.05, 3.63) is 72.3 Å². The molecule has 134 valence electrons. The molecule has 1 aromatic heterocycles. The molecule has 2 aromatic carbocycles. The number of carbonyl (C=O) groups excluding carboxylic acids is 1. The van der Waals surface area contributed by atoms with Gasteiger partial charge in [0, 0.05) is 19.7 Å². The molecule has 0 atom stereocenters. The molecule has 0 aliphatic rings. The summed E-state index contributed by atoms with van der Waals surface area (Å²) in [6.07, 6.45) is 3.02. The first-order chi connectivity index (χ1) is 12.7. The Kier molecular flexibility index (Phi) is 6.04. The monoisotopic (exact) mass is 348 g/mol. The number of unbranched alkanes of at least 4 members (excludes halogenated alkanes) is 1. The molecular weight excluding hydrogens is 324 g/mol. The summed E-state index contributed by atoms with van der Waals surface area (Å²) >= 11 is 0. The minimum atomic E-state index is -0.220. The number of hydrogen-bond acceptors (Lipinski definition) is 2. The summed E-state index contributed by atoms with van der Waals surface area (Å²) in [5.74, 6) is 0.549. The molecule has 1 heterocycles. The lowest BCUT2D eigenvalue weighted by molar-refractivity contribution is 0.252. The van der Waals surface area contributed by atoms with Gasteiger partial charge in [0.1, 0.15) is 0 Å². The Hall–Kier alpha value is -3.08. The van der Waals surface area contributed by atoms with Gasteiger partial charge in [-0.15, -0.1) is 0 Å². The van der Waals surface area contributed by atoms with Gasteiger partial charge in [-0.1, -0.05) is 60.7 Å². The zero-order valence-electron chi connectivity index (χ0n) is 15.0. The van der Waals surface area contributed by atoms with Gasteiger partial charge in [-0.2, -0.15) is 5.10 Å². The summed E-state index contributed by atoms with van der Waals surface area (Å²) < 4.78 is 1.77. The third kappa shape index (κ3) is 4.96. The van der Waals surface area contributed by atoms with Gasteiger partial charge in [-0.3, -0.25) is 10.00 Å². The second kappa shape index (κ2) is 8.85. The first-order valence-electron chi connectivity index (χ1n) is 8.90. The second-order valence-corrected chi connectivity index (χ2v) is 6.23. The molecular formula is C21H24N4O. The number of aryl methyl sites for hydroxylation is 2. The van der Waals surface area contributed by atoms with Gasteiger partial charge in [0.25, 0.3) is 0 Å². The van der Waals surface area contributed by atoms with E-state index in [2.05, 4.69) is 40.0 Å². The Labute approximate surface area is 154 Å². The maximum absolute atomic E-state index is 12.0. The average Bonchev–Trinajstić information content (AvgIpc) is 3.03. The summed E-state index contributed by atoms with van der Waals surface area (Å²) in [5, 5.41) is 10.0. The zero-order valence-corrected chi connectivity index (χ0v) is 15.0. The van der Waals surface area contributed by atoms with Crippen LogP contribution in [0.4, 0.5) is 10.6 Å². The second-order valence-electron chi connectivity index (χ2n) is 6.23. The lowest BCUT2D eigenvalue weighted by atomic mass is 10.1. The summed E-state index contributed by atoms with van der Waals surface area (Å²) in [7, 11) is 1.87. The Morgan fingerprint density at radius 3 is 2.42 bits per heavy atom. The van der Waals surface area contributed by atoms with Crippen LogP contribution in [0.2, 0.25) is 0 Å². The van der Waals surface area contributed by atoms with E-state index in [0.29, 0.717) is 12.4 Å². The predicted molar refractivity (Wildman–Crippen MR) is 105 cm³/mol. The number of hydrogen-bond donors (Lipinski definition) is 2. The minimum Gasteiger partial charge on any atom is -0.338 e. The van der Waals surface area contributed by atoms with Crippen LogP contribution in [0.5, 0.6) is 0 Å². The molecule has 0 aliphatic carbocycles. The smallest absolute Gasteiger partial charge is 0.320 e. The number of nitrogens with one attached hydrogen (secondary N) is 2. The molecule has 26 heavy (non-hydrogen) atoms. The van der Waals surface area contributed by atoms with Gasteiger partial charge >= 0.3 is 6.03 Å². The minimum absolute atomic E-state index is 0.220. The van der Waals surface area contributed by atoms with Crippen LogP contribution in [-0.2, 0) is 13.5 Å². The van der Waals surface area contributed by atoms with Crippen molar-refractivity contribution in [2.45, 2.75) is 19.3 Å². The zero-order chi connectivity index (χ0) is 18.2. The molecule has 0 bridgehead atoms. The Morgan fingerprint density at radius 2 is 1.69 bits per heavy atom. The molecule has 2 amide bonds. The van der Waals surface area contributed by atoms with Gasteiger partial charge in [-0.05, 0) is 30.4 Å². The SMILES string of the molecule is Cn1nc(NC(=O)NCCCCc2ccccc2)cc1-c1ccccc1. The number of rotatable bonds is 7. The molecule has 0 unspecified atom stereocenters. The van der Waals surface area contributed by atoms with Gasteiger partial charge in [-0.25, -0.2) is 4.79 Å². The van der Waals surface area contributed by atoms with E-state index in [9.17, 15) is 4.79 Å². The van der Waals surface area contributed by atoms with Crippen molar-refractivity contribution in [2.75, 3.05) is 11.9 Å². The fourth-order valence-corrected chi connectivity index (χ4v) is 2.87. The molecule has 2 N–H and O–H groups in total. The summed E-state index contributed by atoms with van der Waals surface area (Å²) in [5.41, 5.74) is 3.36. The topological polar surface area (TPSA) is 59.0 Å². The van der Waals surface area contributed by atoms with Crippen molar-refractivity contribution in [2.24, 2.45) is 7.05 Å². The highest BCUT2D eigenvalue weighted by molar-refractivity contribution is 5.88.